The number of halogens is 1. The first kappa shape index (κ1) is 8.21. The van der Waals surface area contributed by atoms with E-state index in [1.54, 1.807) is 12.1 Å². The van der Waals surface area contributed by atoms with E-state index in [1.165, 1.54) is 12.1 Å². The van der Waals surface area contributed by atoms with Gasteiger partial charge in [0.05, 0.1) is 6.10 Å². The molecule has 0 fully saturated rings. The molecule has 0 amide bonds. The Hall–Kier alpha value is -0.890. The van der Waals surface area contributed by atoms with Crippen LogP contribution in [0.1, 0.15) is 25.0 Å². The smallest absolute Gasteiger partial charge is 0.123 e. The first-order valence-electron chi connectivity index (χ1n) is 3.67. The van der Waals surface area contributed by atoms with Crippen LogP contribution in [-0.4, -0.2) is 5.11 Å². The summed E-state index contributed by atoms with van der Waals surface area (Å²) < 4.78 is 12.6. The van der Waals surface area contributed by atoms with Gasteiger partial charge in [-0.15, -0.1) is 0 Å². The van der Waals surface area contributed by atoms with E-state index in [0.717, 1.165) is 0 Å². The van der Waals surface area contributed by atoms with Crippen molar-refractivity contribution in [3.8, 4) is 0 Å². The first-order chi connectivity index (χ1) is 5.24. The lowest BCUT2D eigenvalue weighted by Gasteiger charge is -2.06. The highest BCUT2D eigenvalue weighted by Crippen LogP contribution is 2.16. The van der Waals surface area contributed by atoms with Crippen molar-refractivity contribution in [3.63, 3.8) is 0 Å². The third kappa shape index (κ3) is 2.02. The number of hydrogen-bond donors (Lipinski definition) is 1. The van der Waals surface area contributed by atoms with Crippen LogP contribution in [0.3, 0.4) is 0 Å². The van der Waals surface area contributed by atoms with Gasteiger partial charge in [0.2, 0.25) is 0 Å². The van der Waals surface area contributed by atoms with Crippen molar-refractivity contribution >= 4 is 0 Å². The molecule has 1 aromatic carbocycles. The topological polar surface area (TPSA) is 20.2 Å². The van der Waals surface area contributed by atoms with Crippen LogP contribution >= 0.6 is 0 Å². The average Bonchev–Trinajstić information content (AvgIpc) is 2.03. The molecular formula is C9H11FO. The standard InChI is InChI=1S/C9H11FO/c1-2-9(11)7-4-3-5-8(10)6-7/h3-6,9,11H,2H2,1H3. The van der Waals surface area contributed by atoms with Crippen molar-refractivity contribution in [1.29, 1.82) is 0 Å². The minimum atomic E-state index is -0.536. The Balaban J connectivity index is 2.86. The Morgan fingerprint density at radius 2 is 2.27 bits per heavy atom. The van der Waals surface area contributed by atoms with Gasteiger partial charge in [0.15, 0.2) is 0 Å². The SMILES string of the molecule is CCC(O)c1cccc(F)c1. The second-order valence-electron chi connectivity index (χ2n) is 2.48. The highest BCUT2D eigenvalue weighted by Gasteiger charge is 2.03. The quantitative estimate of drug-likeness (QED) is 0.692. The Morgan fingerprint density at radius 3 is 2.82 bits per heavy atom. The van der Waals surface area contributed by atoms with Crippen LogP contribution in [0.25, 0.3) is 0 Å². The molecule has 1 atom stereocenters. The van der Waals surface area contributed by atoms with Crippen LogP contribution in [-0.2, 0) is 0 Å². The van der Waals surface area contributed by atoms with Gasteiger partial charge in [0, 0.05) is 0 Å². The Kier molecular flexibility index (Phi) is 2.60. The molecule has 0 bridgehead atoms. The van der Waals surface area contributed by atoms with Crippen molar-refractivity contribution in [2.75, 3.05) is 0 Å². The van der Waals surface area contributed by atoms with E-state index in [1.807, 2.05) is 6.92 Å². The van der Waals surface area contributed by atoms with Gasteiger partial charge in [0.1, 0.15) is 5.82 Å². The summed E-state index contributed by atoms with van der Waals surface area (Å²) in [7, 11) is 0. The zero-order chi connectivity index (χ0) is 8.27. The van der Waals surface area contributed by atoms with E-state index in [9.17, 15) is 9.50 Å². The normalized spacial score (nSPS) is 13.0. The number of aliphatic hydroxyl groups excluding tert-OH is 1. The fraction of sp³-hybridized carbons (Fsp3) is 0.333. The molecule has 1 rings (SSSR count). The first-order valence-corrected chi connectivity index (χ1v) is 3.67. The fourth-order valence-electron chi connectivity index (χ4n) is 0.950. The molecule has 2 heteroatoms. The molecule has 0 heterocycles. The van der Waals surface area contributed by atoms with Gasteiger partial charge in [-0.25, -0.2) is 4.39 Å². The predicted molar refractivity (Wildman–Crippen MR) is 41.7 cm³/mol. The number of hydrogen-bond acceptors (Lipinski definition) is 1. The maximum absolute atomic E-state index is 12.6. The highest BCUT2D eigenvalue weighted by atomic mass is 19.1. The maximum atomic E-state index is 12.6. The van der Waals surface area contributed by atoms with Gasteiger partial charge >= 0.3 is 0 Å². The third-order valence-corrected chi connectivity index (χ3v) is 1.62. The molecule has 0 saturated carbocycles. The summed E-state index contributed by atoms with van der Waals surface area (Å²) in [4.78, 5) is 0. The lowest BCUT2D eigenvalue weighted by atomic mass is 10.1. The zero-order valence-corrected chi connectivity index (χ0v) is 6.42. The molecular weight excluding hydrogens is 143 g/mol. The van der Waals surface area contributed by atoms with E-state index in [0.29, 0.717) is 12.0 Å². The fourth-order valence-corrected chi connectivity index (χ4v) is 0.950. The summed E-state index contributed by atoms with van der Waals surface area (Å²) >= 11 is 0. The van der Waals surface area contributed by atoms with Crippen molar-refractivity contribution < 1.29 is 9.50 Å². The largest absolute Gasteiger partial charge is 0.388 e. The number of aliphatic hydroxyl groups is 1. The van der Waals surface area contributed by atoms with E-state index in [4.69, 9.17) is 0 Å². The van der Waals surface area contributed by atoms with E-state index >= 15 is 0 Å². The lowest BCUT2D eigenvalue weighted by molar-refractivity contribution is 0.173. The summed E-state index contributed by atoms with van der Waals surface area (Å²) in [6.45, 7) is 1.86. The van der Waals surface area contributed by atoms with Crippen LogP contribution in [0.2, 0.25) is 0 Å². The second kappa shape index (κ2) is 3.49. The highest BCUT2D eigenvalue weighted by molar-refractivity contribution is 5.18. The molecule has 1 unspecified atom stereocenters. The molecule has 1 N–H and O–H groups in total. The van der Waals surface area contributed by atoms with Crippen molar-refractivity contribution in [2.45, 2.75) is 19.4 Å². The lowest BCUT2D eigenvalue weighted by Crippen LogP contribution is -1.94. The molecule has 1 nitrogen and oxygen atoms in total. The summed E-state index contributed by atoms with van der Waals surface area (Å²) in [5.41, 5.74) is 0.646. The summed E-state index contributed by atoms with van der Waals surface area (Å²) in [6.07, 6.45) is 0.0781. The molecule has 0 aliphatic rings. The maximum Gasteiger partial charge on any atom is 0.123 e. The number of benzene rings is 1. The zero-order valence-electron chi connectivity index (χ0n) is 6.42. The van der Waals surface area contributed by atoms with E-state index in [-0.39, 0.29) is 5.82 Å². The molecule has 0 saturated heterocycles. The van der Waals surface area contributed by atoms with Crippen LogP contribution in [0.4, 0.5) is 4.39 Å². The van der Waals surface area contributed by atoms with E-state index in [2.05, 4.69) is 0 Å². The molecule has 0 radical (unpaired) electrons. The van der Waals surface area contributed by atoms with Crippen molar-refractivity contribution in [3.05, 3.63) is 35.6 Å². The molecule has 0 spiro atoms. The van der Waals surface area contributed by atoms with Crippen LogP contribution < -0.4 is 0 Å². The average molecular weight is 154 g/mol. The van der Waals surface area contributed by atoms with Gasteiger partial charge in [-0.05, 0) is 24.1 Å². The predicted octanol–water partition coefficient (Wildman–Crippen LogP) is 2.27. The summed E-state index contributed by atoms with van der Waals surface area (Å²) in [5, 5.41) is 9.29. The van der Waals surface area contributed by atoms with Crippen molar-refractivity contribution in [2.24, 2.45) is 0 Å². The van der Waals surface area contributed by atoms with E-state index < -0.39 is 6.10 Å². The molecule has 0 aromatic heterocycles. The molecule has 0 aliphatic heterocycles. The minimum absolute atomic E-state index is 0.296. The molecule has 60 valence electrons. The second-order valence-corrected chi connectivity index (χ2v) is 2.48. The third-order valence-electron chi connectivity index (χ3n) is 1.62. The molecule has 11 heavy (non-hydrogen) atoms. The van der Waals surface area contributed by atoms with Crippen molar-refractivity contribution in [1.82, 2.24) is 0 Å². The van der Waals surface area contributed by atoms with Gasteiger partial charge in [-0.1, -0.05) is 19.1 Å². The number of rotatable bonds is 2. The van der Waals surface area contributed by atoms with Crippen LogP contribution in [0.15, 0.2) is 24.3 Å². The minimum Gasteiger partial charge on any atom is -0.388 e. The molecule has 1 aromatic rings. The van der Waals surface area contributed by atoms with Gasteiger partial charge in [0.25, 0.3) is 0 Å². The van der Waals surface area contributed by atoms with Crippen LogP contribution in [0, 0.1) is 5.82 Å². The summed E-state index contributed by atoms with van der Waals surface area (Å²) in [6, 6.07) is 6.04. The van der Waals surface area contributed by atoms with Gasteiger partial charge < -0.3 is 5.11 Å². The van der Waals surface area contributed by atoms with Crippen LogP contribution in [0.5, 0.6) is 0 Å². The Labute approximate surface area is 65.5 Å². The Morgan fingerprint density at radius 1 is 1.55 bits per heavy atom. The summed E-state index contributed by atoms with van der Waals surface area (Å²) in [5.74, 6) is -0.296. The monoisotopic (exact) mass is 154 g/mol. The van der Waals surface area contributed by atoms with Gasteiger partial charge in [-0.3, -0.25) is 0 Å². The Bertz CT molecular complexity index is 235. The van der Waals surface area contributed by atoms with Gasteiger partial charge in [-0.2, -0.15) is 0 Å². The molecule has 0 aliphatic carbocycles.